The first-order valence-electron chi connectivity index (χ1n) is 17.1. The zero-order valence-electron chi connectivity index (χ0n) is 28.1. The van der Waals surface area contributed by atoms with Gasteiger partial charge < -0.3 is 43.0 Å². The fourth-order valence-corrected chi connectivity index (χ4v) is 5.84. The molecular weight excluding hydrogens is 710 g/mol. The molecule has 4 fully saturated rings. The normalized spacial score (nSPS) is 21.5. The van der Waals surface area contributed by atoms with Crippen molar-refractivity contribution in [1.29, 1.82) is 0 Å². The minimum absolute atomic E-state index is 0.0157. The van der Waals surface area contributed by atoms with E-state index in [0.717, 1.165) is 12.1 Å². The third kappa shape index (κ3) is 9.46. The summed E-state index contributed by atoms with van der Waals surface area (Å²) >= 11 is 0. The largest absolute Gasteiger partial charge is 0.457 e. The van der Waals surface area contributed by atoms with Crippen LogP contribution in [0.5, 0.6) is 34.5 Å². The number of alkyl halides is 6. The van der Waals surface area contributed by atoms with Gasteiger partial charge in [0.2, 0.25) is 0 Å². The lowest BCUT2D eigenvalue weighted by Gasteiger charge is -2.25. The van der Waals surface area contributed by atoms with Gasteiger partial charge in [0, 0.05) is 37.6 Å². The maximum absolute atomic E-state index is 14.2. The van der Waals surface area contributed by atoms with Gasteiger partial charge in [-0.25, -0.2) is 0 Å². The third-order valence-electron chi connectivity index (χ3n) is 8.91. The van der Waals surface area contributed by atoms with Crippen molar-refractivity contribution in [2.75, 3.05) is 62.4 Å². The van der Waals surface area contributed by atoms with Gasteiger partial charge in [0.05, 0.1) is 50.8 Å². The van der Waals surface area contributed by atoms with Crippen molar-refractivity contribution < 1.29 is 59.5 Å². The van der Waals surface area contributed by atoms with E-state index in [1.54, 1.807) is 12.1 Å². The summed E-state index contributed by atoms with van der Waals surface area (Å²) in [6.45, 7) is 4.16. The van der Waals surface area contributed by atoms with Crippen molar-refractivity contribution in [3.05, 3.63) is 96.1 Å². The van der Waals surface area contributed by atoms with Crippen LogP contribution in [0, 0.1) is 0 Å². The zero-order valence-corrected chi connectivity index (χ0v) is 28.1. The third-order valence-corrected chi connectivity index (χ3v) is 8.91. The molecule has 4 atom stereocenters. The Morgan fingerprint density at radius 3 is 1.00 bits per heavy atom. The fraction of sp³-hybridized carbons (Fsp3) is 0.368. The molecule has 0 bridgehead atoms. The first-order valence-corrected chi connectivity index (χ1v) is 17.1. The van der Waals surface area contributed by atoms with Crippen molar-refractivity contribution >= 4 is 11.4 Å². The molecular formula is C38H34F6N2O7. The number of hydrogen-bond acceptors (Lipinski definition) is 9. The molecule has 0 saturated carbocycles. The molecule has 0 spiro atoms. The quantitative estimate of drug-likeness (QED) is 0.0831. The molecule has 4 aromatic carbocycles. The van der Waals surface area contributed by atoms with Crippen LogP contribution in [-0.4, -0.2) is 77.0 Å². The van der Waals surface area contributed by atoms with E-state index in [4.69, 9.17) is 33.2 Å². The van der Waals surface area contributed by atoms with E-state index >= 15 is 0 Å². The second-order valence-corrected chi connectivity index (χ2v) is 13.2. The van der Waals surface area contributed by atoms with E-state index in [1.165, 1.54) is 60.7 Å². The molecule has 4 aromatic rings. The summed E-state index contributed by atoms with van der Waals surface area (Å²) < 4.78 is 123. The van der Waals surface area contributed by atoms with Crippen molar-refractivity contribution in [1.82, 2.24) is 0 Å². The summed E-state index contributed by atoms with van der Waals surface area (Å²) in [6, 6.07) is 19.9. The molecule has 0 radical (unpaired) electrons. The van der Waals surface area contributed by atoms with E-state index in [0.29, 0.717) is 75.5 Å². The molecule has 4 heterocycles. The van der Waals surface area contributed by atoms with E-state index in [9.17, 15) is 26.3 Å². The van der Waals surface area contributed by atoms with Gasteiger partial charge in [0.1, 0.15) is 45.6 Å². The molecule has 4 unspecified atom stereocenters. The van der Waals surface area contributed by atoms with Crippen molar-refractivity contribution in [2.24, 2.45) is 0 Å². The van der Waals surface area contributed by atoms with Gasteiger partial charge in [-0.15, -0.1) is 0 Å². The monoisotopic (exact) mass is 744 g/mol. The molecule has 4 aliphatic rings. The highest BCUT2D eigenvalue weighted by Crippen LogP contribution is 2.43. The Labute approximate surface area is 300 Å². The number of benzene rings is 4. The van der Waals surface area contributed by atoms with E-state index in [2.05, 4.69) is 0 Å². The Balaban J connectivity index is 0.915. The summed E-state index contributed by atoms with van der Waals surface area (Å²) in [5.74, 6) is 0.320. The number of epoxide rings is 4. The summed E-state index contributed by atoms with van der Waals surface area (Å²) in [5, 5.41) is 0. The van der Waals surface area contributed by atoms with Crippen LogP contribution in [0.3, 0.4) is 0 Å². The van der Waals surface area contributed by atoms with Crippen LogP contribution < -0.4 is 24.0 Å². The lowest BCUT2D eigenvalue weighted by atomic mass is 10.1. The molecule has 53 heavy (non-hydrogen) atoms. The molecule has 15 heteroatoms. The van der Waals surface area contributed by atoms with E-state index in [1.807, 2.05) is 9.80 Å². The Kier molecular flexibility index (Phi) is 9.51. The number of hydrogen-bond donors (Lipinski definition) is 0. The number of anilines is 2. The van der Waals surface area contributed by atoms with Gasteiger partial charge in [-0.3, -0.25) is 0 Å². The minimum atomic E-state index is -4.67. The Hall–Kier alpha value is -4.70. The first kappa shape index (κ1) is 35.3. The molecule has 0 aromatic heterocycles. The number of ether oxygens (including phenoxy) is 7. The zero-order chi connectivity index (χ0) is 36.7. The molecule has 0 amide bonds. The Morgan fingerprint density at radius 1 is 0.453 bits per heavy atom. The maximum atomic E-state index is 14.2. The fourth-order valence-electron chi connectivity index (χ4n) is 5.84. The number of nitrogens with zero attached hydrogens (tertiary/aromatic N) is 2. The standard InChI is InChI=1S/C38H34F6N2O7/c39-37(40,41)33-13-23(45(15-29-19-47-29)16-30-20-48-30)1-11-35(33)52-27-7-3-25(4-8-27)51-26-5-9-28(10-6-26)53-36-12-2-24(14-34(36)38(42,43)44)46(17-31-21-49-31)18-32-22-50-32/h1-14,29-32H,15-22H2. The average Bonchev–Trinajstić information content (AvgIpc) is 3.92. The highest BCUT2D eigenvalue weighted by atomic mass is 19.4. The topological polar surface area (TPSA) is 84.3 Å². The highest BCUT2D eigenvalue weighted by molar-refractivity contribution is 5.57. The summed E-state index contributed by atoms with van der Waals surface area (Å²) in [4.78, 5) is 3.67. The summed E-state index contributed by atoms with van der Waals surface area (Å²) in [7, 11) is 0. The second kappa shape index (κ2) is 14.3. The predicted molar refractivity (Wildman–Crippen MR) is 179 cm³/mol. The highest BCUT2D eigenvalue weighted by Gasteiger charge is 2.38. The Morgan fingerprint density at radius 2 is 0.736 bits per heavy atom. The van der Waals surface area contributed by atoms with Crippen molar-refractivity contribution in [3.63, 3.8) is 0 Å². The van der Waals surface area contributed by atoms with Crippen LogP contribution >= 0.6 is 0 Å². The lowest BCUT2D eigenvalue weighted by Crippen LogP contribution is -2.31. The van der Waals surface area contributed by atoms with Gasteiger partial charge in [-0.1, -0.05) is 0 Å². The van der Waals surface area contributed by atoms with Crippen molar-refractivity contribution in [3.8, 4) is 34.5 Å². The minimum Gasteiger partial charge on any atom is -0.457 e. The molecule has 4 saturated heterocycles. The SMILES string of the molecule is FC(F)(F)c1cc(N(CC2CO2)CC2CO2)ccc1Oc1ccc(Oc2ccc(Oc3ccc(N(CC4CO4)CC4CO4)cc3C(F)(F)F)cc2)cc1. The van der Waals surface area contributed by atoms with E-state index in [-0.39, 0.29) is 47.4 Å². The van der Waals surface area contributed by atoms with Gasteiger partial charge in [0.25, 0.3) is 0 Å². The van der Waals surface area contributed by atoms with Crippen molar-refractivity contribution in [2.45, 2.75) is 36.8 Å². The van der Waals surface area contributed by atoms with Crippen LogP contribution in [0.1, 0.15) is 11.1 Å². The molecule has 9 nitrogen and oxygen atoms in total. The van der Waals surface area contributed by atoms with E-state index < -0.39 is 23.5 Å². The summed E-state index contributed by atoms with van der Waals surface area (Å²) in [6.07, 6.45) is -9.40. The number of rotatable bonds is 16. The lowest BCUT2D eigenvalue weighted by molar-refractivity contribution is -0.139. The molecule has 4 aliphatic heterocycles. The second-order valence-electron chi connectivity index (χ2n) is 13.2. The average molecular weight is 745 g/mol. The van der Waals surface area contributed by atoms with Gasteiger partial charge in [-0.05, 0) is 84.9 Å². The van der Waals surface area contributed by atoms with Crippen LogP contribution in [0.15, 0.2) is 84.9 Å². The Bertz CT molecular complexity index is 1730. The molecule has 0 aliphatic carbocycles. The maximum Gasteiger partial charge on any atom is 0.420 e. The number of halogens is 6. The van der Waals surface area contributed by atoms with Crippen LogP contribution in [-0.2, 0) is 31.3 Å². The molecule has 280 valence electrons. The van der Waals surface area contributed by atoms with Crippen LogP contribution in [0.4, 0.5) is 37.7 Å². The first-order chi connectivity index (χ1) is 25.4. The van der Waals surface area contributed by atoms with Crippen LogP contribution in [0.2, 0.25) is 0 Å². The van der Waals surface area contributed by atoms with Gasteiger partial charge >= 0.3 is 12.4 Å². The van der Waals surface area contributed by atoms with Gasteiger partial charge in [0.15, 0.2) is 0 Å². The predicted octanol–water partition coefficient (Wildman–Crippen LogP) is 8.31. The molecule has 8 rings (SSSR count). The summed E-state index contributed by atoms with van der Waals surface area (Å²) in [5.41, 5.74) is -1.03. The van der Waals surface area contributed by atoms with Crippen LogP contribution in [0.25, 0.3) is 0 Å². The van der Waals surface area contributed by atoms with Gasteiger partial charge in [-0.2, -0.15) is 26.3 Å². The molecule has 0 N–H and O–H groups in total. The smallest absolute Gasteiger partial charge is 0.420 e.